The first-order valence-electron chi connectivity index (χ1n) is 3.79. The number of amides is 1. The van der Waals surface area contributed by atoms with Crippen molar-refractivity contribution in [3.63, 3.8) is 0 Å². The maximum absolute atomic E-state index is 12.9. The highest BCUT2D eigenvalue weighted by Crippen LogP contribution is 2.23. The van der Waals surface area contributed by atoms with E-state index in [1.807, 2.05) is 0 Å². The van der Waals surface area contributed by atoms with E-state index in [4.69, 9.17) is 11.6 Å². The van der Waals surface area contributed by atoms with E-state index in [1.165, 1.54) is 29.7 Å². The Labute approximate surface area is 88.9 Å². The summed E-state index contributed by atoms with van der Waals surface area (Å²) >= 11 is 5.53. The van der Waals surface area contributed by atoms with Gasteiger partial charge in [0.1, 0.15) is 5.75 Å². The first-order chi connectivity index (χ1) is 6.95. The Morgan fingerprint density at radius 1 is 1.40 bits per heavy atom. The van der Waals surface area contributed by atoms with Gasteiger partial charge in [0.05, 0.1) is 0 Å². The molecule has 0 aliphatic heterocycles. The van der Waals surface area contributed by atoms with E-state index in [-0.39, 0.29) is 5.75 Å². The number of nitrogens with one attached hydrogen (secondary N) is 1. The van der Waals surface area contributed by atoms with Gasteiger partial charge in [0.25, 0.3) is 0 Å². The van der Waals surface area contributed by atoms with E-state index in [0.29, 0.717) is 5.02 Å². The highest BCUT2D eigenvalue weighted by atomic mass is 35.5. The van der Waals surface area contributed by atoms with E-state index >= 15 is 0 Å². The van der Waals surface area contributed by atoms with Crippen LogP contribution >= 0.6 is 11.6 Å². The van der Waals surface area contributed by atoms with Crippen molar-refractivity contribution >= 4 is 17.5 Å². The smallest absolute Gasteiger partial charge is 0.425 e. The fourth-order valence-corrected chi connectivity index (χ4v) is 0.907. The van der Waals surface area contributed by atoms with Gasteiger partial charge in [-0.05, 0) is 24.3 Å². The Kier molecular flexibility index (Phi) is 3.43. The van der Waals surface area contributed by atoms with Gasteiger partial charge in [-0.2, -0.15) is 8.78 Å². The number of nitrogens with two attached hydrogens (primary N) is 1. The van der Waals surface area contributed by atoms with Gasteiger partial charge in [-0.15, -0.1) is 0 Å². The summed E-state index contributed by atoms with van der Waals surface area (Å²) in [5.74, 6) is 2.64. The van der Waals surface area contributed by atoms with Crippen molar-refractivity contribution in [2.45, 2.75) is 6.11 Å². The van der Waals surface area contributed by atoms with Gasteiger partial charge in [0.2, 0.25) is 0 Å². The number of carbonyl (C=O) groups is 1. The molecule has 1 amide bonds. The monoisotopic (exact) mass is 236 g/mol. The van der Waals surface area contributed by atoms with Crippen LogP contribution in [-0.4, -0.2) is 12.0 Å². The van der Waals surface area contributed by atoms with Gasteiger partial charge in [-0.25, -0.2) is 5.84 Å². The Morgan fingerprint density at radius 3 is 2.40 bits per heavy atom. The summed E-state index contributed by atoms with van der Waals surface area (Å²) in [4.78, 5) is 10.6. The highest BCUT2D eigenvalue weighted by Gasteiger charge is 2.41. The molecule has 0 heterocycles. The summed E-state index contributed by atoms with van der Waals surface area (Å²) in [5, 5.41) is 0.369. The average Bonchev–Trinajstić information content (AvgIpc) is 2.20. The third-order valence-corrected chi connectivity index (χ3v) is 1.71. The maximum atomic E-state index is 12.9. The topological polar surface area (TPSA) is 64.3 Å². The molecule has 7 heteroatoms. The number of ether oxygens (including phenoxy) is 1. The van der Waals surface area contributed by atoms with Gasteiger partial charge in [0, 0.05) is 5.02 Å². The van der Waals surface area contributed by atoms with Crippen LogP contribution in [-0.2, 0) is 4.79 Å². The molecule has 0 spiro atoms. The summed E-state index contributed by atoms with van der Waals surface area (Å²) in [7, 11) is 0. The van der Waals surface area contributed by atoms with Gasteiger partial charge in [0.15, 0.2) is 0 Å². The zero-order valence-electron chi connectivity index (χ0n) is 7.34. The molecule has 0 aromatic heterocycles. The molecular weight excluding hydrogens is 230 g/mol. The molecule has 0 fully saturated rings. The van der Waals surface area contributed by atoms with Crippen molar-refractivity contribution in [3.05, 3.63) is 29.3 Å². The molecule has 0 saturated carbocycles. The SMILES string of the molecule is NNC(=O)C(F)(F)Oc1ccc(Cl)cc1. The molecule has 0 unspecified atom stereocenters. The number of hydrogen-bond acceptors (Lipinski definition) is 3. The second-order valence-electron chi connectivity index (χ2n) is 2.55. The van der Waals surface area contributed by atoms with Crippen molar-refractivity contribution in [3.8, 4) is 5.75 Å². The molecule has 1 rings (SSSR count). The largest absolute Gasteiger partial charge is 0.483 e. The van der Waals surface area contributed by atoms with Crippen LogP contribution in [0.1, 0.15) is 0 Å². The van der Waals surface area contributed by atoms with Crippen LogP contribution in [0, 0.1) is 0 Å². The van der Waals surface area contributed by atoms with Crippen LogP contribution < -0.4 is 16.0 Å². The third-order valence-electron chi connectivity index (χ3n) is 1.46. The van der Waals surface area contributed by atoms with Gasteiger partial charge >= 0.3 is 12.0 Å². The summed E-state index contributed by atoms with van der Waals surface area (Å²) in [6.45, 7) is 0. The summed E-state index contributed by atoms with van der Waals surface area (Å²) in [6, 6.07) is 5.13. The number of hydrazine groups is 1. The molecule has 0 radical (unpaired) electrons. The average molecular weight is 237 g/mol. The minimum atomic E-state index is -4.01. The lowest BCUT2D eigenvalue weighted by Crippen LogP contribution is -2.47. The molecule has 82 valence electrons. The number of rotatable bonds is 3. The van der Waals surface area contributed by atoms with Crippen LogP contribution in [0.25, 0.3) is 0 Å². The molecule has 0 atom stereocenters. The molecule has 0 bridgehead atoms. The van der Waals surface area contributed by atoms with Gasteiger partial charge in [-0.3, -0.25) is 10.2 Å². The molecular formula is C8H7ClF2N2O2. The van der Waals surface area contributed by atoms with E-state index in [0.717, 1.165) is 0 Å². The van der Waals surface area contributed by atoms with E-state index in [9.17, 15) is 13.6 Å². The maximum Gasteiger partial charge on any atom is 0.483 e. The van der Waals surface area contributed by atoms with Crippen LogP contribution in [0.15, 0.2) is 24.3 Å². The van der Waals surface area contributed by atoms with E-state index in [1.54, 1.807) is 0 Å². The fraction of sp³-hybridized carbons (Fsp3) is 0.125. The number of hydrogen-bond donors (Lipinski definition) is 2. The standard InChI is InChI=1S/C8H7ClF2N2O2/c9-5-1-3-6(4-2-5)15-8(10,11)7(14)13-12/h1-4H,12H2,(H,13,14). The first kappa shape index (κ1) is 11.7. The minimum absolute atomic E-state index is 0.187. The lowest BCUT2D eigenvalue weighted by atomic mass is 10.3. The second kappa shape index (κ2) is 4.41. The molecule has 1 aromatic carbocycles. The molecule has 1 aromatic rings. The molecule has 15 heavy (non-hydrogen) atoms. The number of benzene rings is 1. The molecule has 3 N–H and O–H groups in total. The molecule has 0 aliphatic rings. The van der Waals surface area contributed by atoms with E-state index in [2.05, 4.69) is 10.6 Å². The normalized spacial score (nSPS) is 10.9. The number of halogens is 3. The Bertz CT molecular complexity index is 356. The minimum Gasteiger partial charge on any atom is -0.425 e. The Hall–Kier alpha value is -1.40. The van der Waals surface area contributed by atoms with Crippen molar-refractivity contribution < 1.29 is 18.3 Å². The second-order valence-corrected chi connectivity index (χ2v) is 2.98. The lowest BCUT2D eigenvalue weighted by Gasteiger charge is -2.15. The Balaban J connectivity index is 2.77. The van der Waals surface area contributed by atoms with Crippen molar-refractivity contribution in [2.75, 3.05) is 0 Å². The van der Waals surface area contributed by atoms with Gasteiger partial charge in [-0.1, -0.05) is 11.6 Å². The van der Waals surface area contributed by atoms with Crippen LogP contribution in [0.5, 0.6) is 5.75 Å². The Morgan fingerprint density at radius 2 is 1.93 bits per heavy atom. The number of carbonyl (C=O) groups excluding carboxylic acids is 1. The molecule has 4 nitrogen and oxygen atoms in total. The summed E-state index contributed by atoms with van der Waals surface area (Å²) < 4.78 is 29.8. The fourth-order valence-electron chi connectivity index (χ4n) is 0.781. The number of alkyl halides is 2. The van der Waals surface area contributed by atoms with Crippen LogP contribution in [0.2, 0.25) is 5.02 Å². The third kappa shape index (κ3) is 3.03. The first-order valence-corrected chi connectivity index (χ1v) is 4.17. The lowest BCUT2D eigenvalue weighted by molar-refractivity contribution is -0.192. The van der Waals surface area contributed by atoms with Gasteiger partial charge < -0.3 is 4.74 Å². The summed E-state index contributed by atoms with van der Waals surface area (Å²) in [5.41, 5.74) is 1.30. The molecule has 0 saturated heterocycles. The van der Waals surface area contributed by atoms with Crippen molar-refractivity contribution in [1.82, 2.24) is 5.43 Å². The highest BCUT2D eigenvalue weighted by molar-refractivity contribution is 6.30. The zero-order valence-corrected chi connectivity index (χ0v) is 8.09. The van der Waals surface area contributed by atoms with Crippen LogP contribution in [0.3, 0.4) is 0 Å². The predicted octanol–water partition coefficient (Wildman–Crippen LogP) is 1.30. The van der Waals surface area contributed by atoms with Crippen molar-refractivity contribution in [1.29, 1.82) is 0 Å². The van der Waals surface area contributed by atoms with E-state index < -0.39 is 12.0 Å². The molecule has 0 aliphatic carbocycles. The predicted molar refractivity (Wildman–Crippen MR) is 49.4 cm³/mol. The summed E-state index contributed by atoms with van der Waals surface area (Å²) in [6.07, 6.45) is -4.01. The van der Waals surface area contributed by atoms with Crippen LogP contribution in [0.4, 0.5) is 8.78 Å². The zero-order chi connectivity index (χ0) is 11.5. The quantitative estimate of drug-likeness (QED) is 0.472. The van der Waals surface area contributed by atoms with Crippen molar-refractivity contribution in [2.24, 2.45) is 5.84 Å².